The molecule has 1 saturated heterocycles. The number of ether oxygens (including phenoxy) is 1. The van der Waals surface area contributed by atoms with Crippen molar-refractivity contribution in [3.05, 3.63) is 99.7 Å². The van der Waals surface area contributed by atoms with Gasteiger partial charge in [-0.1, -0.05) is 42.5 Å². The zero-order chi connectivity index (χ0) is 24.9. The molecule has 6 nitrogen and oxygen atoms in total. The lowest BCUT2D eigenvalue weighted by atomic mass is 10.1. The monoisotopic (exact) mass is 490 g/mol. The fourth-order valence-corrected chi connectivity index (χ4v) is 4.32. The van der Waals surface area contributed by atoms with Gasteiger partial charge in [0, 0.05) is 11.3 Å². The lowest BCUT2D eigenvalue weighted by molar-refractivity contribution is -0.127. The summed E-state index contributed by atoms with van der Waals surface area (Å²) in [4.78, 5) is 38.9. The van der Waals surface area contributed by atoms with Crippen LogP contribution >= 0.6 is 11.8 Å². The second-order valence-corrected chi connectivity index (χ2v) is 9.01. The number of carbonyl (C=O) groups excluding carboxylic acids is 3. The molecule has 3 amide bonds. The molecule has 35 heavy (non-hydrogen) atoms. The van der Waals surface area contributed by atoms with Crippen molar-refractivity contribution in [1.29, 1.82) is 0 Å². The third-order valence-corrected chi connectivity index (χ3v) is 6.47. The number of hydrogen-bond donors (Lipinski definition) is 1. The number of amides is 3. The van der Waals surface area contributed by atoms with E-state index in [0.29, 0.717) is 22.6 Å². The van der Waals surface area contributed by atoms with E-state index >= 15 is 0 Å². The summed E-state index contributed by atoms with van der Waals surface area (Å²) in [5.41, 5.74) is 3.66. The number of aryl methyl sites for hydroxylation is 1. The second-order valence-electron chi connectivity index (χ2n) is 8.02. The predicted molar refractivity (Wildman–Crippen MR) is 134 cm³/mol. The van der Waals surface area contributed by atoms with Crippen molar-refractivity contribution < 1.29 is 23.5 Å². The summed E-state index contributed by atoms with van der Waals surface area (Å²) in [6.07, 6.45) is 1.57. The molecule has 0 unspecified atom stereocenters. The quantitative estimate of drug-likeness (QED) is 0.430. The van der Waals surface area contributed by atoms with Gasteiger partial charge in [-0.2, -0.15) is 0 Å². The first-order valence-electron chi connectivity index (χ1n) is 10.9. The van der Waals surface area contributed by atoms with E-state index in [9.17, 15) is 18.8 Å². The molecule has 0 saturated carbocycles. The highest BCUT2D eigenvalue weighted by Gasteiger charge is 2.36. The summed E-state index contributed by atoms with van der Waals surface area (Å²) in [5, 5.41) is 2.26. The highest BCUT2D eigenvalue weighted by Crippen LogP contribution is 2.32. The van der Waals surface area contributed by atoms with Crippen molar-refractivity contribution in [3.63, 3.8) is 0 Å². The molecule has 0 bridgehead atoms. The largest absolute Gasteiger partial charge is 0.489 e. The first kappa shape index (κ1) is 24.2. The Labute approximate surface area is 206 Å². The van der Waals surface area contributed by atoms with Gasteiger partial charge in [-0.25, -0.2) is 4.39 Å². The Hall–Kier alpha value is -3.91. The van der Waals surface area contributed by atoms with Crippen LogP contribution in [0.4, 0.5) is 14.9 Å². The van der Waals surface area contributed by atoms with Crippen LogP contribution in [-0.4, -0.2) is 28.5 Å². The van der Waals surface area contributed by atoms with Crippen LogP contribution in [0.5, 0.6) is 5.75 Å². The molecule has 178 valence electrons. The molecule has 3 aromatic rings. The van der Waals surface area contributed by atoms with Crippen molar-refractivity contribution in [2.45, 2.75) is 20.5 Å². The zero-order valence-electron chi connectivity index (χ0n) is 19.2. The number of hydrogen-bond acceptors (Lipinski definition) is 5. The van der Waals surface area contributed by atoms with Gasteiger partial charge in [-0.05, 0) is 72.6 Å². The van der Waals surface area contributed by atoms with Crippen molar-refractivity contribution in [3.8, 4) is 5.75 Å². The Morgan fingerprint density at radius 2 is 1.83 bits per heavy atom. The van der Waals surface area contributed by atoms with Crippen LogP contribution in [0.15, 0.2) is 71.6 Å². The lowest BCUT2D eigenvalue weighted by Crippen LogP contribution is -2.36. The number of imide groups is 1. The van der Waals surface area contributed by atoms with Gasteiger partial charge >= 0.3 is 0 Å². The molecule has 1 heterocycles. The van der Waals surface area contributed by atoms with Gasteiger partial charge in [-0.15, -0.1) is 0 Å². The van der Waals surface area contributed by atoms with Crippen molar-refractivity contribution in [2.75, 3.05) is 11.9 Å². The maximum Gasteiger partial charge on any atom is 0.294 e. The minimum absolute atomic E-state index is 0.0577. The Bertz CT molecular complexity index is 1340. The zero-order valence-corrected chi connectivity index (χ0v) is 20.0. The van der Waals surface area contributed by atoms with Crippen molar-refractivity contribution >= 4 is 40.6 Å². The molecule has 3 aromatic carbocycles. The normalized spacial score (nSPS) is 14.5. The molecule has 0 aromatic heterocycles. The van der Waals surface area contributed by atoms with Crippen LogP contribution in [0.25, 0.3) is 6.08 Å². The number of thioether (sulfide) groups is 1. The van der Waals surface area contributed by atoms with Crippen LogP contribution in [0.1, 0.15) is 22.3 Å². The predicted octanol–water partition coefficient (Wildman–Crippen LogP) is 5.70. The summed E-state index contributed by atoms with van der Waals surface area (Å²) < 4.78 is 19.5. The Kier molecular flexibility index (Phi) is 7.31. The molecule has 1 aliphatic heterocycles. The smallest absolute Gasteiger partial charge is 0.294 e. The summed E-state index contributed by atoms with van der Waals surface area (Å²) in [5.74, 6) is -0.840. The Morgan fingerprint density at radius 3 is 2.63 bits per heavy atom. The standard InChI is InChI=1S/C27H23FN2O4S/c1-17-7-5-12-23(18(17)2)29-25(31)15-30-26(32)24(35-27(30)33)14-19-8-6-10-21(13-19)34-16-20-9-3-4-11-22(20)28/h3-14H,15-16H2,1-2H3,(H,29,31)/b24-14+. The Balaban J connectivity index is 1.42. The second kappa shape index (κ2) is 10.6. The molecule has 8 heteroatoms. The molecule has 0 atom stereocenters. The van der Waals surface area contributed by atoms with Gasteiger partial charge in [0.05, 0.1) is 4.91 Å². The van der Waals surface area contributed by atoms with Crippen LogP contribution in [0.2, 0.25) is 0 Å². The molecule has 0 aliphatic carbocycles. The maximum absolute atomic E-state index is 13.8. The number of rotatable bonds is 7. The van der Waals surface area contributed by atoms with Crippen molar-refractivity contribution in [1.82, 2.24) is 4.90 Å². The number of halogens is 1. The minimum Gasteiger partial charge on any atom is -0.489 e. The third kappa shape index (κ3) is 5.78. The number of nitrogens with one attached hydrogen (secondary N) is 1. The molecule has 4 rings (SSSR count). The Morgan fingerprint density at radius 1 is 1.06 bits per heavy atom. The average Bonchev–Trinajstić information content (AvgIpc) is 3.09. The fourth-order valence-electron chi connectivity index (χ4n) is 3.48. The number of benzene rings is 3. The van der Waals surface area contributed by atoms with E-state index < -0.39 is 17.1 Å². The number of nitrogens with zero attached hydrogens (tertiary/aromatic N) is 1. The molecule has 0 spiro atoms. The van der Waals surface area contributed by atoms with Crippen LogP contribution < -0.4 is 10.1 Å². The summed E-state index contributed by atoms with van der Waals surface area (Å²) in [6, 6.07) is 18.8. The molecular weight excluding hydrogens is 467 g/mol. The van der Waals surface area contributed by atoms with E-state index in [-0.39, 0.29) is 23.9 Å². The third-order valence-electron chi connectivity index (χ3n) is 5.56. The van der Waals surface area contributed by atoms with E-state index in [2.05, 4.69) is 5.32 Å². The van der Waals surface area contributed by atoms with Gasteiger partial charge in [0.15, 0.2) is 0 Å². The van der Waals surface area contributed by atoms with Crippen LogP contribution in [-0.2, 0) is 16.2 Å². The maximum atomic E-state index is 13.8. The van der Waals surface area contributed by atoms with E-state index in [0.717, 1.165) is 27.8 Å². The van der Waals surface area contributed by atoms with Crippen LogP contribution in [0.3, 0.4) is 0 Å². The summed E-state index contributed by atoms with van der Waals surface area (Å²) in [6.45, 7) is 3.51. The highest BCUT2D eigenvalue weighted by molar-refractivity contribution is 8.18. The van der Waals surface area contributed by atoms with Crippen LogP contribution in [0, 0.1) is 19.7 Å². The van der Waals surface area contributed by atoms with Crippen molar-refractivity contribution in [2.24, 2.45) is 0 Å². The summed E-state index contributed by atoms with van der Waals surface area (Å²) in [7, 11) is 0. The lowest BCUT2D eigenvalue weighted by Gasteiger charge is -2.14. The van der Waals surface area contributed by atoms with Gasteiger partial charge in [0.1, 0.15) is 24.7 Å². The minimum atomic E-state index is -0.534. The van der Waals surface area contributed by atoms with Gasteiger partial charge in [-0.3, -0.25) is 19.3 Å². The number of anilines is 1. The average molecular weight is 491 g/mol. The first-order chi connectivity index (χ1) is 16.8. The summed E-state index contributed by atoms with van der Waals surface area (Å²) >= 11 is 0.777. The molecule has 1 aliphatic rings. The molecular formula is C27H23FN2O4S. The first-order valence-corrected chi connectivity index (χ1v) is 11.7. The topological polar surface area (TPSA) is 75.7 Å². The molecule has 1 N–H and O–H groups in total. The van der Waals surface area contributed by atoms with Gasteiger partial charge in [0.2, 0.25) is 5.91 Å². The fraction of sp³-hybridized carbons (Fsp3) is 0.148. The van der Waals surface area contributed by atoms with Gasteiger partial charge < -0.3 is 10.1 Å². The van der Waals surface area contributed by atoms with E-state index in [1.807, 2.05) is 26.0 Å². The van der Waals surface area contributed by atoms with Gasteiger partial charge in [0.25, 0.3) is 11.1 Å². The SMILES string of the molecule is Cc1cccc(NC(=O)CN2C(=O)S/C(=C/c3cccc(OCc4ccccc4F)c3)C2=O)c1C. The van der Waals surface area contributed by atoms with E-state index in [1.54, 1.807) is 54.6 Å². The number of carbonyl (C=O) groups is 3. The molecule has 1 fully saturated rings. The molecule has 0 radical (unpaired) electrons. The van der Waals surface area contributed by atoms with E-state index in [1.165, 1.54) is 6.07 Å². The van der Waals surface area contributed by atoms with E-state index in [4.69, 9.17) is 4.74 Å². The highest BCUT2D eigenvalue weighted by atomic mass is 32.2.